The molecule has 0 bridgehead atoms. The van der Waals surface area contributed by atoms with Crippen molar-refractivity contribution in [3.63, 3.8) is 0 Å². The van der Waals surface area contributed by atoms with Crippen LogP contribution < -0.4 is 0 Å². The topological polar surface area (TPSA) is 54.0 Å². The standard InChI is InChI=1S/C19H34O5/c1-7-13-11-15(23-18(3,4)21-13)9-10-16(20)17-12-14(8-2)22-19(5,6)24-17/h13-15,17H,7-12H2,1-6H3/t13-,14-,15+,17-/m1/s1. The summed E-state index contributed by atoms with van der Waals surface area (Å²) >= 11 is 0. The maximum atomic E-state index is 12.6. The van der Waals surface area contributed by atoms with Crippen LogP contribution in [0.15, 0.2) is 0 Å². The predicted molar refractivity (Wildman–Crippen MR) is 91.7 cm³/mol. The number of hydrogen-bond donors (Lipinski definition) is 0. The van der Waals surface area contributed by atoms with E-state index in [0.717, 1.165) is 25.7 Å². The first-order valence-corrected chi connectivity index (χ1v) is 9.38. The van der Waals surface area contributed by atoms with Gasteiger partial charge in [0, 0.05) is 19.3 Å². The summed E-state index contributed by atoms with van der Waals surface area (Å²) in [5.74, 6) is -1.10. The summed E-state index contributed by atoms with van der Waals surface area (Å²) in [5.41, 5.74) is 0. The molecule has 5 heteroatoms. The molecule has 0 radical (unpaired) electrons. The molecule has 140 valence electrons. The molecule has 24 heavy (non-hydrogen) atoms. The van der Waals surface area contributed by atoms with Crippen molar-refractivity contribution in [1.82, 2.24) is 0 Å². The van der Waals surface area contributed by atoms with Crippen molar-refractivity contribution in [3.8, 4) is 0 Å². The van der Waals surface area contributed by atoms with Gasteiger partial charge in [0.05, 0.1) is 18.3 Å². The molecule has 2 fully saturated rings. The predicted octanol–water partition coefficient (Wildman–Crippen LogP) is 3.98. The Balaban J connectivity index is 1.88. The molecule has 0 spiro atoms. The molecule has 2 heterocycles. The first-order valence-electron chi connectivity index (χ1n) is 9.38. The third kappa shape index (κ3) is 5.51. The Morgan fingerprint density at radius 1 is 0.833 bits per heavy atom. The summed E-state index contributed by atoms with van der Waals surface area (Å²) in [6, 6.07) is 0. The van der Waals surface area contributed by atoms with E-state index < -0.39 is 11.6 Å². The number of ether oxygens (including phenoxy) is 4. The van der Waals surface area contributed by atoms with Gasteiger partial charge in [-0.1, -0.05) is 13.8 Å². The molecular weight excluding hydrogens is 308 g/mol. The SMILES string of the molecule is CC[C@@H]1C[C@H](CCC(=O)[C@H]2C[C@@H](CC)OC(C)(C)O2)OC(C)(C)O1. The molecule has 2 aliphatic heterocycles. The lowest BCUT2D eigenvalue weighted by Crippen LogP contribution is -2.48. The quantitative estimate of drug-likeness (QED) is 0.731. The van der Waals surface area contributed by atoms with E-state index in [2.05, 4.69) is 13.8 Å². The molecule has 0 amide bonds. The number of rotatable bonds is 6. The monoisotopic (exact) mass is 342 g/mol. The molecule has 0 aromatic carbocycles. The Morgan fingerprint density at radius 2 is 1.33 bits per heavy atom. The van der Waals surface area contributed by atoms with Gasteiger partial charge in [-0.2, -0.15) is 0 Å². The maximum Gasteiger partial charge on any atom is 0.164 e. The third-order valence-electron chi connectivity index (χ3n) is 4.76. The number of hydrogen-bond acceptors (Lipinski definition) is 5. The van der Waals surface area contributed by atoms with Crippen molar-refractivity contribution >= 4 is 5.78 Å². The molecule has 2 saturated heterocycles. The van der Waals surface area contributed by atoms with E-state index in [-0.39, 0.29) is 30.2 Å². The third-order valence-corrected chi connectivity index (χ3v) is 4.76. The minimum atomic E-state index is -0.691. The van der Waals surface area contributed by atoms with Gasteiger partial charge >= 0.3 is 0 Å². The maximum absolute atomic E-state index is 12.6. The van der Waals surface area contributed by atoms with Crippen LogP contribution in [0.5, 0.6) is 0 Å². The fourth-order valence-corrected chi connectivity index (χ4v) is 3.66. The van der Waals surface area contributed by atoms with E-state index in [1.54, 1.807) is 0 Å². The smallest absolute Gasteiger partial charge is 0.164 e. The number of carbonyl (C=O) groups excluding carboxylic acids is 1. The van der Waals surface area contributed by atoms with E-state index >= 15 is 0 Å². The van der Waals surface area contributed by atoms with E-state index in [9.17, 15) is 4.79 Å². The minimum absolute atomic E-state index is 0.0671. The van der Waals surface area contributed by atoms with E-state index in [1.807, 2.05) is 27.7 Å². The van der Waals surface area contributed by atoms with Gasteiger partial charge in [-0.05, 0) is 47.0 Å². The van der Waals surface area contributed by atoms with Gasteiger partial charge < -0.3 is 18.9 Å². The van der Waals surface area contributed by atoms with Crippen LogP contribution in [0, 0.1) is 0 Å². The zero-order chi connectivity index (χ0) is 18.0. The second kappa shape index (κ2) is 7.81. The van der Waals surface area contributed by atoms with Crippen molar-refractivity contribution in [1.29, 1.82) is 0 Å². The molecule has 0 aliphatic carbocycles. The van der Waals surface area contributed by atoms with Crippen LogP contribution >= 0.6 is 0 Å². The number of Topliss-reactive ketones (excluding diaryl/α,β-unsaturated/α-hetero) is 1. The van der Waals surface area contributed by atoms with Crippen LogP contribution in [-0.4, -0.2) is 41.8 Å². The highest BCUT2D eigenvalue weighted by Gasteiger charge is 2.39. The Hall–Kier alpha value is -0.490. The first-order chi connectivity index (χ1) is 11.1. The molecule has 0 aromatic rings. The summed E-state index contributed by atoms with van der Waals surface area (Å²) < 4.78 is 23.6. The van der Waals surface area contributed by atoms with Gasteiger partial charge in [-0.15, -0.1) is 0 Å². The Bertz CT molecular complexity index is 431. The summed E-state index contributed by atoms with van der Waals surface area (Å²) in [6.45, 7) is 11.9. The first kappa shape index (κ1) is 19.8. The van der Waals surface area contributed by atoms with Gasteiger partial charge in [-0.3, -0.25) is 4.79 Å². The lowest BCUT2D eigenvalue weighted by molar-refractivity contribution is -0.301. The van der Waals surface area contributed by atoms with E-state index in [0.29, 0.717) is 12.8 Å². The largest absolute Gasteiger partial charge is 0.347 e. The van der Waals surface area contributed by atoms with Crippen molar-refractivity contribution in [3.05, 3.63) is 0 Å². The van der Waals surface area contributed by atoms with Crippen LogP contribution in [0.1, 0.15) is 80.1 Å². The minimum Gasteiger partial charge on any atom is -0.347 e. The summed E-state index contributed by atoms with van der Waals surface area (Å²) in [7, 11) is 0. The highest BCUT2D eigenvalue weighted by Crippen LogP contribution is 2.32. The average molecular weight is 342 g/mol. The molecule has 4 atom stereocenters. The molecule has 2 aliphatic rings. The van der Waals surface area contributed by atoms with Crippen LogP contribution in [-0.2, 0) is 23.7 Å². The Morgan fingerprint density at radius 3 is 1.92 bits per heavy atom. The Kier molecular flexibility index (Phi) is 6.46. The van der Waals surface area contributed by atoms with Crippen molar-refractivity contribution in [2.45, 2.75) is 116 Å². The van der Waals surface area contributed by atoms with E-state index in [1.165, 1.54) is 0 Å². The summed E-state index contributed by atoms with van der Waals surface area (Å²) in [5, 5.41) is 0. The second-order valence-corrected chi connectivity index (χ2v) is 7.92. The summed E-state index contributed by atoms with van der Waals surface area (Å²) in [6.07, 6.45) is 4.56. The van der Waals surface area contributed by atoms with Gasteiger partial charge in [0.1, 0.15) is 6.10 Å². The molecule has 0 unspecified atom stereocenters. The zero-order valence-electron chi connectivity index (χ0n) is 16.1. The number of carbonyl (C=O) groups is 1. The molecular formula is C19H34O5. The second-order valence-electron chi connectivity index (χ2n) is 7.92. The van der Waals surface area contributed by atoms with Crippen LogP contribution in [0.4, 0.5) is 0 Å². The van der Waals surface area contributed by atoms with Crippen molar-refractivity contribution in [2.75, 3.05) is 0 Å². The molecule has 5 nitrogen and oxygen atoms in total. The highest BCUT2D eigenvalue weighted by molar-refractivity contribution is 5.83. The normalized spacial score (nSPS) is 35.6. The van der Waals surface area contributed by atoms with Crippen LogP contribution in [0.3, 0.4) is 0 Å². The Labute approximate surface area is 146 Å². The van der Waals surface area contributed by atoms with Gasteiger partial charge in [-0.25, -0.2) is 0 Å². The lowest BCUT2D eigenvalue weighted by Gasteiger charge is -2.41. The average Bonchev–Trinajstić information content (AvgIpc) is 2.49. The molecule has 0 N–H and O–H groups in total. The number of ketones is 1. The van der Waals surface area contributed by atoms with Gasteiger partial charge in [0.25, 0.3) is 0 Å². The fourth-order valence-electron chi connectivity index (χ4n) is 3.66. The fraction of sp³-hybridized carbons (Fsp3) is 0.947. The van der Waals surface area contributed by atoms with Gasteiger partial charge in [0.2, 0.25) is 0 Å². The van der Waals surface area contributed by atoms with Crippen molar-refractivity contribution < 1.29 is 23.7 Å². The highest BCUT2D eigenvalue weighted by atomic mass is 16.7. The molecule has 0 saturated carbocycles. The molecule has 2 rings (SSSR count). The van der Waals surface area contributed by atoms with Crippen LogP contribution in [0.2, 0.25) is 0 Å². The lowest BCUT2D eigenvalue weighted by atomic mass is 9.96. The summed E-state index contributed by atoms with van der Waals surface area (Å²) in [4.78, 5) is 12.6. The van der Waals surface area contributed by atoms with Crippen molar-refractivity contribution in [2.24, 2.45) is 0 Å². The van der Waals surface area contributed by atoms with Gasteiger partial charge in [0.15, 0.2) is 17.4 Å². The zero-order valence-corrected chi connectivity index (χ0v) is 16.1. The molecule has 0 aromatic heterocycles. The van der Waals surface area contributed by atoms with Crippen LogP contribution in [0.25, 0.3) is 0 Å². The van der Waals surface area contributed by atoms with E-state index in [4.69, 9.17) is 18.9 Å².